The summed E-state index contributed by atoms with van der Waals surface area (Å²) in [7, 11) is 0.331. The molecular weight excluding hydrogens is 470 g/mol. The summed E-state index contributed by atoms with van der Waals surface area (Å²) in [6, 6.07) is 2.00. The van der Waals surface area contributed by atoms with Crippen molar-refractivity contribution in [2.24, 2.45) is 0 Å². The summed E-state index contributed by atoms with van der Waals surface area (Å²) in [5.74, 6) is 0.980. The van der Waals surface area contributed by atoms with Crippen molar-refractivity contribution in [2.75, 3.05) is 40.4 Å². The van der Waals surface area contributed by atoms with Crippen LogP contribution in [0.2, 0.25) is 0 Å². The van der Waals surface area contributed by atoms with Crippen LogP contribution in [0.5, 0.6) is 0 Å². The number of fused-ring (bicyclic) bond motifs is 2. The third kappa shape index (κ3) is 5.44. The molecule has 1 aromatic heterocycles. The highest BCUT2D eigenvalue weighted by atomic mass is 32.2. The van der Waals surface area contributed by atoms with Gasteiger partial charge in [-0.25, -0.2) is 0 Å². The van der Waals surface area contributed by atoms with E-state index in [4.69, 9.17) is 9.26 Å². The molecule has 0 aromatic carbocycles. The molecule has 11 heteroatoms. The lowest BCUT2D eigenvalue weighted by molar-refractivity contribution is 0.0896. The molecule has 10 nitrogen and oxygen atoms in total. The number of carbonyl (C=O) groups excluding carboxylic acids is 1. The Morgan fingerprint density at radius 2 is 1.86 bits per heavy atom. The van der Waals surface area contributed by atoms with Crippen molar-refractivity contribution < 1.29 is 22.5 Å². The molecule has 0 radical (unpaired) electrons. The quantitative estimate of drug-likeness (QED) is 0.480. The molecule has 3 saturated heterocycles. The molecule has 1 aromatic rings. The van der Waals surface area contributed by atoms with E-state index in [1.807, 2.05) is 0 Å². The molecule has 35 heavy (non-hydrogen) atoms. The summed E-state index contributed by atoms with van der Waals surface area (Å²) in [5, 5.41) is 7.03. The molecule has 196 valence electrons. The van der Waals surface area contributed by atoms with Crippen LogP contribution in [0.4, 0.5) is 0 Å². The SMILES string of the molecule is COCCCN(C)C1CCN(S(=O)(=O)N2[C@@H]3CC[C@H]2C[C@@H](NC(=O)c2cc(C4CC4)on2)C3)CC1. The largest absolute Gasteiger partial charge is 0.385 e. The van der Waals surface area contributed by atoms with Crippen molar-refractivity contribution in [2.45, 2.75) is 87.9 Å². The summed E-state index contributed by atoms with van der Waals surface area (Å²) in [6.07, 6.45) is 7.87. The molecule has 1 N–H and O–H groups in total. The van der Waals surface area contributed by atoms with Gasteiger partial charge >= 0.3 is 0 Å². The minimum atomic E-state index is -3.51. The van der Waals surface area contributed by atoms with Gasteiger partial charge in [0.1, 0.15) is 5.76 Å². The number of rotatable bonds is 10. The summed E-state index contributed by atoms with van der Waals surface area (Å²) in [6.45, 7) is 2.84. The van der Waals surface area contributed by atoms with Crippen LogP contribution >= 0.6 is 0 Å². The zero-order chi connectivity index (χ0) is 24.6. The zero-order valence-electron chi connectivity index (χ0n) is 20.9. The van der Waals surface area contributed by atoms with Crippen molar-refractivity contribution >= 4 is 16.1 Å². The smallest absolute Gasteiger partial charge is 0.282 e. The van der Waals surface area contributed by atoms with Crippen LogP contribution < -0.4 is 5.32 Å². The number of aromatic nitrogens is 1. The van der Waals surface area contributed by atoms with Crippen LogP contribution in [0.3, 0.4) is 0 Å². The Balaban J connectivity index is 1.14. The second-order valence-electron chi connectivity index (χ2n) is 10.7. The third-order valence-electron chi connectivity index (χ3n) is 8.24. The average Bonchev–Trinajstić information content (AvgIpc) is 3.50. The Kier molecular flexibility index (Phi) is 7.50. The molecule has 4 aliphatic rings. The maximum Gasteiger partial charge on any atom is 0.282 e. The van der Waals surface area contributed by atoms with E-state index in [1.54, 1.807) is 21.8 Å². The van der Waals surface area contributed by atoms with Crippen molar-refractivity contribution in [3.05, 3.63) is 17.5 Å². The zero-order valence-corrected chi connectivity index (χ0v) is 21.7. The second kappa shape index (κ2) is 10.5. The Morgan fingerprint density at radius 3 is 2.49 bits per heavy atom. The second-order valence-corrected chi connectivity index (χ2v) is 12.5. The van der Waals surface area contributed by atoms with Crippen molar-refractivity contribution in [1.82, 2.24) is 24.0 Å². The van der Waals surface area contributed by atoms with Crippen molar-refractivity contribution in [1.29, 1.82) is 0 Å². The minimum Gasteiger partial charge on any atom is -0.385 e. The summed E-state index contributed by atoms with van der Waals surface area (Å²) in [5.41, 5.74) is 0.323. The van der Waals surface area contributed by atoms with Crippen molar-refractivity contribution in [3.8, 4) is 0 Å². The van der Waals surface area contributed by atoms with Gasteiger partial charge in [-0.15, -0.1) is 0 Å². The van der Waals surface area contributed by atoms with Gasteiger partial charge in [0, 0.05) is 69.5 Å². The number of methoxy groups -OCH3 is 1. The normalized spacial score (nSPS) is 28.6. The molecule has 4 heterocycles. The van der Waals surface area contributed by atoms with Crippen LogP contribution in [0.1, 0.15) is 80.0 Å². The maximum atomic E-state index is 13.6. The van der Waals surface area contributed by atoms with Gasteiger partial charge in [-0.2, -0.15) is 17.0 Å². The number of hydrogen-bond donors (Lipinski definition) is 1. The van der Waals surface area contributed by atoms with Crippen LogP contribution in [-0.4, -0.2) is 97.6 Å². The van der Waals surface area contributed by atoms with E-state index in [0.717, 1.165) is 63.9 Å². The van der Waals surface area contributed by atoms with Gasteiger partial charge in [-0.3, -0.25) is 4.79 Å². The summed E-state index contributed by atoms with van der Waals surface area (Å²) in [4.78, 5) is 15.0. The van der Waals surface area contributed by atoms with Gasteiger partial charge in [-0.1, -0.05) is 5.16 Å². The number of ether oxygens (including phenoxy) is 1. The number of hydrogen-bond acceptors (Lipinski definition) is 7. The lowest BCUT2D eigenvalue weighted by Crippen LogP contribution is -2.57. The van der Waals surface area contributed by atoms with E-state index in [2.05, 4.69) is 22.4 Å². The van der Waals surface area contributed by atoms with E-state index in [-0.39, 0.29) is 24.0 Å². The number of amides is 1. The molecule has 3 atom stereocenters. The molecular formula is C24H39N5O5S. The van der Waals surface area contributed by atoms with E-state index in [9.17, 15) is 13.2 Å². The predicted octanol–water partition coefficient (Wildman–Crippen LogP) is 1.95. The van der Waals surface area contributed by atoms with Crippen LogP contribution in [-0.2, 0) is 14.9 Å². The molecule has 1 saturated carbocycles. The van der Waals surface area contributed by atoms with Gasteiger partial charge in [0.2, 0.25) is 0 Å². The van der Waals surface area contributed by atoms with Gasteiger partial charge in [0.25, 0.3) is 16.1 Å². The number of nitrogens with one attached hydrogen (secondary N) is 1. The third-order valence-corrected chi connectivity index (χ3v) is 10.4. The van der Waals surface area contributed by atoms with E-state index in [1.165, 1.54) is 0 Å². The summed E-state index contributed by atoms with van der Waals surface area (Å²) < 4.78 is 41.2. The number of nitrogens with zero attached hydrogens (tertiary/aromatic N) is 4. The highest BCUT2D eigenvalue weighted by Crippen LogP contribution is 2.41. The molecule has 4 fully saturated rings. The predicted molar refractivity (Wildman–Crippen MR) is 130 cm³/mol. The Morgan fingerprint density at radius 1 is 1.17 bits per heavy atom. The van der Waals surface area contributed by atoms with E-state index >= 15 is 0 Å². The minimum absolute atomic E-state index is 0.0426. The van der Waals surface area contributed by atoms with Gasteiger partial charge in [-0.05, 0) is 64.8 Å². The Bertz CT molecular complexity index is 974. The summed E-state index contributed by atoms with van der Waals surface area (Å²) >= 11 is 0. The molecule has 3 aliphatic heterocycles. The molecule has 1 amide bonds. The standard InChI is InChI=1S/C24H39N5O5S/c1-27(10-3-13-33-2)19-8-11-28(12-9-19)35(31,32)29-20-6-7-21(29)15-18(14-20)25-24(30)22-16-23(34-26-22)17-4-5-17/h16-21H,3-15H2,1-2H3,(H,25,30)/t18-,20+,21-. The van der Waals surface area contributed by atoms with Gasteiger partial charge < -0.3 is 19.5 Å². The molecule has 0 unspecified atom stereocenters. The van der Waals surface area contributed by atoms with E-state index in [0.29, 0.717) is 43.6 Å². The van der Waals surface area contributed by atoms with Gasteiger partial charge in [0.15, 0.2) is 5.69 Å². The highest BCUT2D eigenvalue weighted by Gasteiger charge is 2.49. The first-order valence-corrected chi connectivity index (χ1v) is 14.5. The monoisotopic (exact) mass is 509 g/mol. The van der Waals surface area contributed by atoms with Crippen LogP contribution in [0, 0.1) is 0 Å². The molecule has 5 rings (SSSR count). The van der Waals surface area contributed by atoms with E-state index < -0.39 is 10.2 Å². The van der Waals surface area contributed by atoms with Gasteiger partial charge in [0.05, 0.1) is 0 Å². The lowest BCUT2D eigenvalue weighted by atomic mass is 9.99. The van der Waals surface area contributed by atoms with Crippen molar-refractivity contribution in [3.63, 3.8) is 0 Å². The highest BCUT2D eigenvalue weighted by molar-refractivity contribution is 7.86. The van der Waals surface area contributed by atoms with Crippen LogP contribution in [0.15, 0.2) is 10.6 Å². The Hall–Kier alpha value is -1.53. The molecule has 2 bridgehead atoms. The van der Waals surface area contributed by atoms with Crippen LogP contribution in [0.25, 0.3) is 0 Å². The molecule has 1 aliphatic carbocycles. The Labute approximate surface area is 208 Å². The molecule has 0 spiro atoms. The maximum absolute atomic E-state index is 13.6. The first-order valence-electron chi connectivity index (χ1n) is 13.1. The average molecular weight is 510 g/mol. The fraction of sp³-hybridized carbons (Fsp3) is 0.833. The first kappa shape index (κ1) is 25.1. The fourth-order valence-electron chi connectivity index (χ4n) is 6.13. The fourth-order valence-corrected chi connectivity index (χ4v) is 8.21. The number of carbonyl (C=O) groups is 1. The lowest BCUT2D eigenvalue weighted by Gasteiger charge is -2.43. The number of piperidine rings is 2. The topological polar surface area (TPSA) is 108 Å². The first-order chi connectivity index (χ1) is 16.9.